The predicted molar refractivity (Wildman–Crippen MR) is 80.3 cm³/mol. The molecule has 108 valence electrons. The fourth-order valence-electron chi connectivity index (χ4n) is 2.56. The van der Waals surface area contributed by atoms with Crippen molar-refractivity contribution in [3.63, 3.8) is 0 Å². The average molecular weight is 273 g/mol. The van der Waals surface area contributed by atoms with Gasteiger partial charge in [0, 0.05) is 19.2 Å². The second kappa shape index (κ2) is 7.85. The van der Waals surface area contributed by atoms with Gasteiger partial charge in [-0.2, -0.15) is 0 Å². The van der Waals surface area contributed by atoms with Crippen LogP contribution >= 0.6 is 0 Å². The van der Waals surface area contributed by atoms with Gasteiger partial charge < -0.3 is 4.74 Å². The van der Waals surface area contributed by atoms with Gasteiger partial charge in [0.05, 0.1) is 6.61 Å². The van der Waals surface area contributed by atoms with Gasteiger partial charge in [-0.05, 0) is 38.3 Å². The Kier molecular flexibility index (Phi) is 5.81. The van der Waals surface area contributed by atoms with Gasteiger partial charge >= 0.3 is 5.97 Å². The van der Waals surface area contributed by atoms with E-state index in [9.17, 15) is 4.79 Å². The standard InChI is InChI=1S/C17H23NO2/c1-2-20-17(19)13-15-9-6-11-18(12-10-15)14-16-7-4-3-5-8-16/h3-5,7-8,13H,2,6,9-12,14H2,1H3/b15-13+. The van der Waals surface area contributed by atoms with Gasteiger partial charge in [0.1, 0.15) is 0 Å². The van der Waals surface area contributed by atoms with E-state index >= 15 is 0 Å². The summed E-state index contributed by atoms with van der Waals surface area (Å²) in [6, 6.07) is 10.5. The third kappa shape index (κ3) is 4.82. The molecule has 1 aromatic carbocycles. The minimum absolute atomic E-state index is 0.195. The number of nitrogens with zero attached hydrogens (tertiary/aromatic N) is 1. The summed E-state index contributed by atoms with van der Waals surface area (Å²) in [6.07, 6.45) is 4.77. The van der Waals surface area contributed by atoms with Crippen molar-refractivity contribution >= 4 is 5.97 Å². The first-order chi connectivity index (χ1) is 9.78. The number of carbonyl (C=O) groups is 1. The van der Waals surface area contributed by atoms with Crippen molar-refractivity contribution in [2.75, 3.05) is 19.7 Å². The topological polar surface area (TPSA) is 29.5 Å². The lowest BCUT2D eigenvalue weighted by Crippen LogP contribution is -2.23. The zero-order valence-corrected chi connectivity index (χ0v) is 12.2. The number of carbonyl (C=O) groups excluding carboxylic acids is 1. The van der Waals surface area contributed by atoms with Crippen molar-refractivity contribution in [2.24, 2.45) is 0 Å². The third-order valence-electron chi connectivity index (χ3n) is 3.58. The molecule has 0 unspecified atom stereocenters. The van der Waals surface area contributed by atoms with Gasteiger partial charge in [0.2, 0.25) is 0 Å². The van der Waals surface area contributed by atoms with Crippen LogP contribution in [-0.4, -0.2) is 30.6 Å². The maximum absolute atomic E-state index is 11.5. The Morgan fingerprint density at radius 2 is 2.05 bits per heavy atom. The molecular formula is C17H23NO2. The molecule has 0 amide bonds. The smallest absolute Gasteiger partial charge is 0.330 e. The van der Waals surface area contributed by atoms with Gasteiger partial charge in [0.15, 0.2) is 0 Å². The molecule has 0 atom stereocenters. The quantitative estimate of drug-likeness (QED) is 0.623. The Hall–Kier alpha value is -1.61. The van der Waals surface area contributed by atoms with Crippen molar-refractivity contribution in [1.82, 2.24) is 4.90 Å². The fraction of sp³-hybridized carbons (Fsp3) is 0.471. The minimum atomic E-state index is -0.195. The first kappa shape index (κ1) is 14.8. The molecule has 1 aliphatic rings. The molecule has 3 heteroatoms. The van der Waals surface area contributed by atoms with Crippen LogP contribution in [0.25, 0.3) is 0 Å². The minimum Gasteiger partial charge on any atom is -0.463 e. The van der Waals surface area contributed by atoms with E-state index in [0.717, 1.165) is 38.9 Å². The molecule has 20 heavy (non-hydrogen) atoms. The molecule has 1 aliphatic heterocycles. The maximum atomic E-state index is 11.5. The van der Waals surface area contributed by atoms with E-state index in [2.05, 4.69) is 29.2 Å². The Morgan fingerprint density at radius 3 is 2.80 bits per heavy atom. The lowest BCUT2D eigenvalue weighted by atomic mass is 10.1. The summed E-state index contributed by atoms with van der Waals surface area (Å²) in [5.74, 6) is -0.195. The molecule has 0 aromatic heterocycles. The van der Waals surface area contributed by atoms with Gasteiger partial charge in [-0.25, -0.2) is 4.79 Å². The Balaban J connectivity index is 1.87. The molecule has 1 heterocycles. The van der Waals surface area contributed by atoms with Gasteiger partial charge in [0.25, 0.3) is 0 Å². The molecule has 3 nitrogen and oxygen atoms in total. The van der Waals surface area contributed by atoms with Crippen LogP contribution in [0.4, 0.5) is 0 Å². The fourth-order valence-corrected chi connectivity index (χ4v) is 2.56. The van der Waals surface area contributed by atoms with Crippen molar-refractivity contribution < 1.29 is 9.53 Å². The average Bonchev–Trinajstić information content (AvgIpc) is 2.66. The van der Waals surface area contributed by atoms with Crippen LogP contribution in [0.3, 0.4) is 0 Å². The van der Waals surface area contributed by atoms with E-state index in [1.165, 1.54) is 11.1 Å². The van der Waals surface area contributed by atoms with Crippen molar-refractivity contribution in [3.05, 3.63) is 47.5 Å². The van der Waals surface area contributed by atoms with Crippen LogP contribution in [0, 0.1) is 0 Å². The predicted octanol–water partition coefficient (Wildman–Crippen LogP) is 3.16. The molecule has 0 bridgehead atoms. The van der Waals surface area contributed by atoms with Gasteiger partial charge in [-0.3, -0.25) is 4.90 Å². The summed E-state index contributed by atoms with van der Waals surface area (Å²) in [7, 11) is 0. The van der Waals surface area contributed by atoms with Crippen LogP contribution in [0.15, 0.2) is 42.0 Å². The zero-order valence-electron chi connectivity index (χ0n) is 12.2. The Labute approximate surface area is 121 Å². The van der Waals surface area contributed by atoms with Crippen LogP contribution in [-0.2, 0) is 16.1 Å². The molecular weight excluding hydrogens is 250 g/mol. The van der Waals surface area contributed by atoms with Crippen LogP contribution in [0.2, 0.25) is 0 Å². The Morgan fingerprint density at radius 1 is 1.25 bits per heavy atom. The largest absolute Gasteiger partial charge is 0.463 e. The van der Waals surface area contributed by atoms with E-state index in [0.29, 0.717) is 6.61 Å². The van der Waals surface area contributed by atoms with E-state index in [1.807, 2.05) is 13.0 Å². The van der Waals surface area contributed by atoms with Crippen LogP contribution in [0.5, 0.6) is 0 Å². The first-order valence-corrected chi connectivity index (χ1v) is 7.40. The van der Waals surface area contributed by atoms with Crippen molar-refractivity contribution in [1.29, 1.82) is 0 Å². The molecule has 1 fully saturated rings. The van der Waals surface area contributed by atoms with E-state index in [1.54, 1.807) is 6.08 Å². The highest BCUT2D eigenvalue weighted by Gasteiger charge is 2.13. The van der Waals surface area contributed by atoms with Gasteiger partial charge in [-0.15, -0.1) is 0 Å². The molecule has 0 saturated carbocycles. The normalized spacial score (nSPS) is 18.8. The summed E-state index contributed by atoms with van der Waals surface area (Å²) < 4.78 is 4.98. The summed E-state index contributed by atoms with van der Waals surface area (Å²) in [5.41, 5.74) is 2.57. The molecule has 0 spiro atoms. The summed E-state index contributed by atoms with van der Waals surface area (Å²) in [5, 5.41) is 0. The monoisotopic (exact) mass is 273 g/mol. The van der Waals surface area contributed by atoms with Crippen LogP contribution in [0.1, 0.15) is 31.7 Å². The van der Waals surface area contributed by atoms with E-state index in [-0.39, 0.29) is 5.97 Å². The molecule has 2 rings (SSSR count). The summed E-state index contributed by atoms with van der Waals surface area (Å²) in [6.45, 7) is 5.39. The lowest BCUT2D eigenvalue weighted by molar-refractivity contribution is -0.137. The maximum Gasteiger partial charge on any atom is 0.330 e. The molecule has 1 aromatic rings. The second-order valence-corrected chi connectivity index (χ2v) is 5.17. The number of esters is 1. The first-order valence-electron chi connectivity index (χ1n) is 7.40. The summed E-state index contributed by atoms with van der Waals surface area (Å²) >= 11 is 0. The highest BCUT2D eigenvalue weighted by molar-refractivity contribution is 5.82. The van der Waals surface area contributed by atoms with Crippen molar-refractivity contribution in [2.45, 2.75) is 32.7 Å². The second-order valence-electron chi connectivity index (χ2n) is 5.17. The lowest BCUT2D eigenvalue weighted by Gasteiger charge is -2.19. The molecule has 0 aliphatic carbocycles. The number of hydrogen-bond donors (Lipinski definition) is 0. The molecule has 0 N–H and O–H groups in total. The zero-order chi connectivity index (χ0) is 14.2. The van der Waals surface area contributed by atoms with Crippen LogP contribution < -0.4 is 0 Å². The van der Waals surface area contributed by atoms with Gasteiger partial charge in [-0.1, -0.05) is 35.9 Å². The molecule has 1 saturated heterocycles. The molecule has 0 radical (unpaired) electrons. The highest BCUT2D eigenvalue weighted by atomic mass is 16.5. The highest BCUT2D eigenvalue weighted by Crippen LogP contribution is 2.18. The van der Waals surface area contributed by atoms with E-state index in [4.69, 9.17) is 4.74 Å². The number of benzene rings is 1. The number of ether oxygens (including phenoxy) is 1. The SMILES string of the molecule is CCOC(=O)/C=C1\CCCN(Cc2ccccc2)CC1. The number of hydrogen-bond acceptors (Lipinski definition) is 3. The van der Waals surface area contributed by atoms with Crippen molar-refractivity contribution in [3.8, 4) is 0 Å². The van der Waals surface area contributed by atoms with E-state index < -0.39 is 0 Å². The Bertz CT molecular complexity index is 453. The summed E-state index contributed by atoms with van der Waals surface area (Å²) in [4.78, 5) is 13.9. The number of rotatable bonds is 4. The third-order valence-corrected chi connectivity index (χ3v) is 3.58. The number of likely N-dealkylation sites (tertiary alicyclic amines) is 1.